The first-order chi connectivity index (χ1) is 6.97. The van der Waals surface area contributed by atoms with Gasteiger partial charge in [0.1, 0.15) is 5.56 Å². The van der Waals surface area contributed by atoms with Crippen molar-refractivity contribution >= 4 is 16.8 Å². The Morgan fingerprint density at radius 1 is 1.60 bits per heavy atom. The number of pyridine rings is 1. The normalized spacial score (nSPS) is 10.5. The fourth-order valence-electron chi connectivity index (χ4n) is 1.19. The molecule has 0 saturated carbocycles. The second-order valence-corrected chi connectivity index (χ2v) is 3.15. The number of aryl methyl sites for hydroxylation is 1. The molecule has 15 heavy (non-hydrogen) atoms. The van der Waals surface area contributed by atoms with Crippen LogP contribution in [0.2, 0.25) is 0 Å². The lowest BCUT2D eigenvalue weighted by molar-refractivity contribution is 0.106. The maximum atomic E-state index is 12.6. The van der Waals surface area contributed by atoms with E-state index in [1.165, 1.54) is 14.0 Å². The number of nitrogens with zero attached hydrogens (tertiary/aromatic N) is 1. The number of hydrogen-bond acceptors (Lipinski definition) is 3. The lowest BCUT2D eigenvalue weighted by Crippen LogP contribution is -2.05. The van der Waals surface area contributed by atoms with Crippen molar-refractivity contribution in [1.82, 2.24) is 4.98 Å². The van der Waals surface area contributed by atoms with Gasteiger partial charge in [-0.05, 0) is 24.6 Å². The van der Waals surface area contributed by atoms with Crippen LogP contribution in [-0.4, -0.2) is 17.3 Å². The third-order valence-corrected chi connectivity index (χ3v) is 1.96. The van der Waals surface area contributed by atoms with Crippen LogP contribution < -0.4 is 4.74 Å². The minimum atomic E-state index is -2.79. The van der Waals surface area contributed by atoms with Gasteiger partial charge in [-0.1, -0.05) is 0 Å². The van der Waals surface area contributed by atoms with Gasteiger partial charge in [-0.2, -0.15) is 0 Å². The number of halogens is 3. The SMILES string of the molecule is COc1nc(C)cc(C(F)F)c1C(=O)Cl. The summed E-state index contributed by atoms with van der Waals surface area (Å²) in [5, 5.41) is -1.00. The summed E-state index contributed by atoms with van der Waals surface area (Å²) >= 11 is 5.20. The van der Waals surface area contributed by atoms with E-state index in [-0.39, 0.29) is 11.4 Å². The molecule has 0 aliphatic carbocycles. The first-order valence-corrected chi connectivity index (χ1v) is 4.38. The Balaban J connectivity index is 3.47. The Labute approximate surface area is 90.0 Å². The number of aromatic nitrogens is 1. The highest BCUT2D eigenvalue weighted by Crippen LogP contribution is 2.30. The number of carbonyl (C=O) groups excluding carboxylic acids is 1. The molecule has 3 nitrogen and oxygen atoms in total. The van der Waals surface area contributed by atoms with E-state index in [1.807, 2.05) is 0 Å². The minimum absolute atomic E-state index is 0.176. The second kappa shape index (κ2) is 4.53. The summed E-state index contributed by atoms with van der Waals surface area (Å²) in [7, 11) is 1.24. The molecule has 1 heterocycles. The van der Waals surface area contributed by atoms with Crippen LogP contribution in [0.4, 0.5) is 8.78 Å². The van der Waals surface area contributed by atoms with Gasteiger partial charge in [0.2, 0.25) is 5.88 Å². The summed E-state index contributed by atoms with van der Waals surface area (Å²) < 4.78 is 29.9. The Bertz CT molecular complexity index is 396. The van der Waals surface area contributed by atoms with E-state index in [0.29, 0.717) is 5.69 Å². The molecule has 0 spiro atoms. The van der Waals surface area contributed by atoms with E-state index in [2.05, 4.69) is 4.98 Å². The Morgan fingerprint density at radius 2 is 2.20 bits per heavy atom. The zero-order chi connectivity index (χ0) is 11.6. The molecule has 1 aromatic rings. The van der Waals surface area contributed by atoms with Crippen LogP contribution in [0, 0.1) is 6.92 Å². The lowest BCUT2D eigenvalue weighted by Gasteiger charge is -2.10. The zero-order valence-corrected chi connectivity index (χ0v) is 8.81. The number of rotatable bonds is 3. The van der Waals surface area contributed by atoms with Gasteiger partial charge in [0.25, 0.3) is 11.7 Å². The van der Waals surface area contributed by atoms with Crippen LogP contribution in [0.5, 0.6) is 5.88 Å². The Hall–Kier alpha value is -1.23. The molecule has 0 unspecified atom stereocenters. The molecule has 0 amide bonds. The average molecular weight is 236 g/mol. The van der Waals surface area contributed by atoms with Crippen molar-refractivity contribution < 1.29 is 18.3 Å². The molecular formula is C9H8ClF2NO2. The minimum Gasteiger partial charge on any atom is -0.480 e. The summed E-state index contributed by atoms with van der Waals surface area (Å²) in [4.78, 5) is 14.8. The van der Waals surface area contributed by atoms with Crippen molar-refractivity contribution in [3.8, 4) is 5.88 Å². The monoisotopic (exact) mass is 235 g/mol. The third-order valence-electron chi connectivity index (χ3n) is 1.77. The van der Waals surface area contributed by atoms with E-state index in [4.69, 9.17) is 16.3 Å². The Morgan fingerprint density at radius 3 is 2.60 bits per heavy atom. The Kier molecular flexibility index (Phi) is 3.57. The maximum Gasteiger partial charge on any atom is 0.264 e. The molecule has 0 atom stereocenters. The zero-order valence-electron chi connectivity index (χ0n) is 8.05. The number of ether oxygens (including phenoxy) is 1. The molecule has 0 bridgehead atoms. The van der Waals surface area contributed by atoms with E-state index < -0.39 is 17.2 Å². The number of alkyl halides is 2. The molecule has 0 N–H and O–H groups in total. The average Bonchev–Trinajstić information content (AvgIpc) is 2.15. The van der Waals surface area contributed by atoms with Gasteiger partial charge in [0.05, 0.1) is 7.11 Å². The van der Waals surface area contributed by atoms with Crippen molar-refractivity contribution in [3.63, 3.8) is 0 Å². The van der Waals surface area contributed by atoms with Gasteiger partial charge >= 0.3 is 0 Å². The smallest absolute Gasteiger partial charge is 0.264 e. The van der Waals surface area contributed by atoms with Crippen LogP contribution in [0.15, 0.2) is 6.07 Å². The molecule has 0 radical (unpaired) electrons. The van der Waals surface area contributed by atoms with Crippen molar-refractivity contribution in [2.45, 2.75) is 13.3 Å². The quantitative estimate of drug-likeness (QED) is 0.756. The summed E-state index contributed by atoms with van der Waals surface area (Å²) in [5.74, 6) is -0.176. The largest absolute Gasteiger partial charge is 0.480 e. The molecule has 82 valence electrons. The fourth-order valence-corrected chi connectivity index (χ4v) is 1.38. The molecule has 1 aromatic heterocycles. The summed E-state index contributed by atoms with van der Waals surface area (Å²) in [6.45, 7) is 1.52. The molecule has 6 heteroatoms. The first kappa shape index (κ1) is 11.8. The van der Waals surface area contributed by atoms with Crippen molar-refractivity contribution in [2.24, 2.45) is 0 Å². The van der Waals surface area contributed by atoms with Crippen LogP contribution >= 0.6 is 11.6 Å². The van der Waals surface area contributed by atoms with Crippen LogP contribution in [0.3, 0.4) is 0 Å². The molecule has 0 fully saturated rings. The molecule has 0 saturated heterocycles. The second-order valence-electron chi connectivity index (χ2n) is 2.81. The number of methoxy groups -OCH3 is 1. The molecular weight excluding hydrogens is 228 g/mol. The highest BCUT2D eigenvalue weighted by Gasteiger charge is 2.23. The molecule has 0 aromatic carbocycles. The van der Waals surface area contributed by atoms with Gasteiger partial charge in [0.15, 0.2) is 0 Å². The maximum absolute atomic E-state index is 12.6. The van der Waals surface area contributed by atoms with E-state index in [9.17, 15) is 13.6 Å². The van der Waals surface area contributed by atoms with Gasteiger partial charge < -0.3 is 4.74 Å². The van der Waals surface area contributed by atoms with Crippen molar-refractivity contribution in [1.29, 1.82) is 0 Å². The molecule has 0 aliphatic heterocycles. The van der Waals surface area contributed by atoms with Crippen LogP contribution in [0.1, 0.15) is 28.0 Å². The predicted octanol–water partition coefficient (Wildman–Crippen LogP) is 2.72. The lowest BCUT2D eigenvalue weighted by atomic mass is 10.1. The standard InChI is InChI=1S/C9H8ClF2NO2/c1-4-3-5(8(11)12)6(7(10)14)9(13-4)15-2/h3,8H,1-2H3. The van der Waals surface area contributed by atoms with E-state index >= 15 is 0 Å². The van der Waals surface area contributed by atoms with Gasteiger partial charge in [-0.15, -0.1) is 0 Å². The highest BCUT2D eigenvalue weighted by molar-refractivity contribution is 6.68. The highest BCUT2D eigenvalue weighted by atomic mass is 35.5. The van der Waals surface area contributed by atoms with Crippen LogP contribution in [-0.2, 0) is 0 Å². The van der Waals surface area contributed by atoms with Gasteiger partial charge in [-0.25, -0.2) is 13.8 Å². The van der Waals surface area contributed by atoms with Gasteiger partial charge in [0, 0.05) is 11.3 Å². The summed E-state index contributed by atoms with van der Waals surface area (Å²) in [6.07, 6.45) is -2.79. The summed E-state index contributed by atoms with van der Waals surface area (Å²) in [6, 6.07) is 1.11. The van der Waals surface area contributed by atoms with Gasteiger partial charge in [-0.3, -0.25) is 4.79 Å². The van der Waals surface area contributed by atoms with Crippen LogP contribution in [0.25, 0.3) is 0 Å². The summed E-state index contributed by atoms with van der Waals surface area (Å²) in [5.41, 5.74) is -0.497. The third kappa shape index (κ3) is 2.41. The topological polar surface area (TPSA) is 39.2 Å². The predicted molar refractivity (Wildman–Crippen MR) is 50.7 cm³/mol. The first-order valence-electron chi connectivity index (χ1n) is 4.01. The van der Waals surface area contributed by atoms with Crippen molar-refractivity contribution in [3.05, 3.63) is 22.9 Å². The molecule has 1 rings (SSSR count). The number of carbonyl (C=O) groups is 1. The molecule has 0 aliphatic rings. The van der Waals surface area contributed by atoms with E-state index in [0.717, 1.165) is 6.07 Å². The van der Waals surface area contributed by atoms with Crippen molar-refractivity contribution in [2.75, 3.05) is 7.11 Å². The fraction of sp³-hybridized carbons (Fsp3) is 0.333. The van der Waals surface area contributed by atoms with E-state index in [1.54, 1.807) is 0 Å². The number of hydrogen-bond donors (Lipinski definition) is 0.